The number of rotatable bonds is 3. The quantitative estimate of drug-likeness (QED) is 0.920. The molecule has 5 heteroatoms. The van der Waals surface area contributed by atoms with Crippen molar-refractivity contribution in [2.24, 2.45) is 5.92 Å². The fourth-order valence-corrected chi connectivity index (χ4v) is 4.40. The predicted octanol–water partition coefficient (Wildman–Crippen LogP) is 3.29. The number of hydrogen-bond donors (Lipinski definition) is 1. The topological polar surface area (TPSA) is 64.3 Å². The third-order valence-electron chi connectivity index (χ3n) is 5.92. The Morgan fingerprint density at radius 3 is 2.62 bits per heavy atom. The Morgan fingerprint density at radius 2 is 1.81 bits per heavy atom. The van der Waals surface area contributed by atoms with Gasteiger partial charge in [0.2, 0.25) is 5.95 Å². The lowest BCUT2D eigenvalue weighted by Gasteiger charge is -2.40. The summed E-state index contributed by atoms with van der Waals surface area (Å²) in [6.07, 6.45) is 7.43. The van der Waals surface area contributed by atoms with E-state index in [-0.39, 0.29) is 12.2 Å². The second kappa shape index (κ2) is 6.54. The SMILES string of the molecule is Nc1nc2c(c(N3C[C@@H](c4ccccc4)O[C@@H](C4CC4)C3)n1)CCCC2. The van der Waals surface area contributed by atoms with Crippen molar-refractivity contribution in [2.45, 2.75) is 50.7 Å². The van der Waals surface area contributed by atoms with Crippen molar-refractivity contribution < 1.29 is 4.74 Å². The van der Waals surface area contributed by atoms with Crippen molar-refractivity contribution >= 4 is 11.8 Å². The van der Waals surface area contributed by atoms with Crippen LogP contribution in [0, 0.1) is 5.92 Å². The molecule has 1 saturated heterocycles. The second-order valence-electron chi connectivity index (χ2n) is 7.85. The van der Waals surface area contributed by atoms with Crippen LogP contribution in [0.5, 0.6) is 0 Å². The molecule has 2 N–H and O–H groups in total. The van der Waals surface area contributed by atoms with Crippen molar-refractivity contribution in [1.29, 1.82) is 0 Å². The van der Waals surface area contributed by atoms with Gasteiger partial charge in [0.1, 0.15) is 11.9 Å². The zero-order valence-corrected chi connectivity index (χ0v) is 15.1. The van der Waals surface area contributed by atoms with Crippen LogP contribution in [0.2, 0.25) is 0 Å². The lowest BCUT2D eigenvalue weighted by molar-refractivity contribution is -0.0388. The lowest BCUT2D eigenvalue weighted by Crippen LogP contribution is -2.46. The number of hydrogen-bond acceptors (Lipinski definition) is 5. The molecule has 0 radical (unpaired) electrons. The molecule has 2 heterocycles. The third kappa shape index (κ3) is 3.05. The number of aryl methyl sites for hydroxylation is 1. The zero-order chi connectivity index (χ0) is 17.5. The molecule has 136 valence electrons. The van der Waals surface area contributed by atoms with E-state index in [2.05, 4.69) is 45.2 Å². The molecule has 1 saturated carbocycles. The Kier molecular flexibility index (Phi) is 4.04. The highest BCUT2D eigenvalue weighted by Gasteiger charge is 2.40. The maximum absolute atomic E-state index is 6.51. The lowest BCUT2D eigenvalue weighted by atomic mass is 9.95. The first kappa shape index (κ1) is 16.1. The number of anilines is 2. The van der Waals surface area contributed by atoms with E-state index in [0.717, 1.165) is 37.4 Å². The number of nitrogens with zero attached hydrogens (tertiary/aromatic N) is 3. The van der Waals surface area contributed by atoms with Crippen LogP contribution in [0.25, 0.3) is 0 Å². The molecule has 2 aromatic rings. The number of benzene rings is 1. The monoisotopic (exact) mass is 350 g/mol. The van der Waals surface area contributed by atoms with E-state index < -0.39 is 0 Å². The highest BCUT2D eigenvalue weighted by molar-refractivity contribution is 5.53. The summed E-state index contributed by atoms with van der Waals surface area (Å²) in [5.41, 5.74) is 9.78. The van der Waals surface area contributed by atoms with Gasteiger partial charge in [-0.3, -0.25) is 0 Å². The van der Waals surface area contributed by atoms with Gasteiger partial charge >= 0.3 is 0 Å². The highest BCUT2D eigenvalue weighted by Crippen LogP contribution is 2.41. The molecule has 0 bridgehead atoms. The van der Waals surface area contributed by atoms with Gasteiger partial charge in [-0.25, -0.2) is 4.98 Å². The van der Waals surface area contributed by atoms with Crippen molar-refractivity contribution in [3.8, 4) is 0 Å². The molecule has 3 aliphatic rings. The molecule has 1 aromatic heterocycles. The number of nitrogen functional groups attached to an aromatic ring is 1. The van der Waals surface area contributed by atoms with Crippen molar-refractivity contribution in [3.05, 3.63) is 47.2 Å². The average molecular weight is 350 g/mol. The Morgan fingerprint density at radius 1 is 1.00 bits per heavy atom. The first-order valence-electron chi connectivity index (χ1n) is 9.88. The van der Waals surface area contributed by atoms with E-state index in [1.807, 2.05) is 0 Å². The summed E-state index contributed by atoms with van der Waals surface area (Å²) >= 11 is 0. The first-order chi connectivity index (χ1) is 12.8. The number of morpholine rings is 1. The molecular weight excluding hydrogens is 324 g/mol. The largest absolute Gasteiger partial charge is 0.368 e. The summed E-state index contributed by atoms with van der Waals surface area (Å²) in [7, 11) is 0. The Labute approximate surface area is 154 Å². The third-order valence-corrected chi connectivity index (χ3v) is 5.92. The molecule has 2 aliphatic carbocycles. The first-order valence-corrected chi connectivity index (χ1v) is 9.88. The fraction of sp³-hybridized carbons (Fsp3) is 0.524. The van der Waals surface area contributed by atoms with Gasteiger partial charge < -0.3 is 15.4 Å². The van der Waals surface area contributed by atoms with E-state index in [1.165, 1.54) is 36.8 Å². The van der Waals surface area contributed by atoms with Crippen LogP contribution in [-0.4, -0.2) is 29.2 Å². The Balaban J connectivity index is 1.50. The van der Waals surface area contributed by atoms with E-state index >= 15 is 0 Å². The number of nitrogens with two attached hydrogens (primary N) is 1. The minimum atomic E-state index is 0.0889. The number of aromatic nitrogens is 2. The predicted molar refractivity (Wildman–Crippen MR) is 102 cm³/mol. The van der Waals surface area contributed by atoms with Crippen LogP contribution in [0.1, 0.15) is 48.6 Å². The van der Waals surface area contributed by atoms with Gasteiger partial charge in [0.25, 0.3) is 0 Å². The fourth-order valence-electron chi connectivity index (χ4n) is 4.40. The molecule has 5 rings (SSSR count). The maximum Gasteiger partial charge on any atom is 0.222 e. The molecule has 0 spiro atoms. The van der Waals surface area contributed by atoms with Gasteiger partial charge in [0.05, 0.1) is 11.8 Å². The molecule has 0 amide bonds. The second-order valence-corrected chi connectivity index (χ2v) is 7.85. The summed E-state index contributed by atoms with van der Waals surface area (Å²) in [4.78, 5) is 11.6. The summed E-state index contributed by atoms with van der Waals surface area (Å²) < 4.78 is 6.51. The maximum atomic E-state index is 6.51. The van der Waals surface area contributed by atoms with E-state index in [1.54, 1.807) is 0 Å². The van der Waals surface area contributed by atoms with Gasteiger partial charge in [-0.15, -0.1) is 0 Å². The molecule has 1 aliphatic heterocycles. The average Bonchev–Trinajstić information content (AvgIpc) is 3.53. The summed E-state index contributed by atoms with van der Waals surface area (Å²) in [6, 6.07) is 10.6. The normalized spacial score (nSPS) is 25.8. The van der Waals surface area contributed by atoms with Gasteiger partial charge in [0, 0.05) is 18.7 Å². The molecule has 2 atom stereocenters. The molecule has 1 aromatic carbocycles. The van der Waals surface area contributed by atoms with Gasteiger partial charge in [-0.05, 0) is 50.0 Å². The molecule has 2 fully saturated rings. The minimum Gasteiger partial charge on any atom is -0.368 e. The molecular formula is C21H26N4O. The van der Waals surface area contributed by atoms with Crippen molar-refractivity contribution in [2.75, 3.05) is 23.7 Å². The standard InChI is InChI=1S/C21H26N4O/c22-21-23-17-9-5-4-8-16(17)20(24-21)25-12-18(14-6-2-1-3-7-14)26-19(13-25)15-10-11-15/h1-3,6-7,15,18-19H,4-5,8-13H2,(H2,22,23,24)/t18-,19+/m0/s1. The van der Waals surface area contributed by atoms with Crippen LogP contribution in [0.4, 0.5) is 11.8 Å². The molecule has 0 unspecified atom stereocenters. The van der Waals surface area contributed by atoms with Gasteiger partial charge in [0.15, 0.2) is 0 Å². The van der Waals surface area contributed by atoms with Crippen LogP contribution < -0.4 is 10.6 Å². The van der Waals surface area contributed by atoms with E-state index in [0.29, 0.717) is 11.9 Å². The van der Waals surface area contributed by atoms with Crippen LogP contribution in [0.15, 0.2) is 30.3 Å². The summed E-state index contributed by atoms with van der Waals surface area (Å²) in [5.74, 6) is 2.16. The summed E-state index contributed by atoms with van der Waals surface area (Å²) in [5, 5.41) is 0. The summed E-state index contributed by atoms with van der Waals surface area (Å²) in [6.45, 7) is 1.74. The van der Waals surface area contributed by atoms with E-state index in [9.17, 15) is 0 Å². The minimum absolute atomic E-state index is 0.0889. The van der Waals surface area contributed by atoms with Gasteiger partial charge in [-0.2, -0.15) is 4.98 Å². The molecule has 26 heavy (non-hydrogen) atoms. The van der Waals surface area contributed by atoms with Crippen molar-refractivity contribution in [1.82, 2.24) is 9.97 Å². The Bertz CT molecular complexity index is 790. The molecule has 5 nitrogen and oxygen atoms in total. The van der Waals surface area contributed by atoms with Crippen LogP contribution in [0.3, 0.4) is 0 Å². The smallest absolute Gasteiger partial charge is 0.222 e. The van der Waals surface area contributed by atoms with Crippen LogP contribution >= 0.6 is 0 Å². The van der Waals surface area contributed by atoms with Crippen LogP contribution in [-0.2, 0) is 17.6 Å². The van der Waals surface area contributed by atoms with Gasteiger partial charge in [-0.1, -0.05) is 30.3 Å². The number of ether oxygens (including phenoxy) is 1. The zero-order valence-electron chi connectivity index (χ0n) is 15.1. The Hall–Kier alpha value is -2.14. The highest BCUT2D eigenvalue weighted by atomic mass is 16.5. The number of fused-ring (bicyclic) bond motifs is 1. The van der Waals surface area contributed by atoms with Crippen molar-refractivity contribution in [3.63, 3.8) is 0 Å². The van der Waals surface area contributed by atoms with E-state index in [4.69, 9.17) is 10.5 Å².